The highest BCUT2D eigenvalue weighted by Gasteiger charge is 2.21. The van der Waals surface area contributed by atoms with Crippen LogP contribution in [0.15, 0.2) is 39.6 Å². The Morgan fingerprint density at radius 2 is 1.92 bits per heavy atom. The van der Waals surface area contributed by atoms with Crippen molar-refractivity contribution in [3.05, 3.63) is 47.3 Å². The fourth-order valence-corrected chi connectivity index (χ4v) is 4.08. The van der Waals surface area contributed by atoms with E-state index >= 15 is 0 Å². The number of fused-ring (bicyclic) bond motifs is 1. The van der Waals surface area contributed by atoms with Crippen LogP contribution in [-0.4, -0.2) is 20.0 Å². The molecule has 0 bridgehead atoms. The lowest BCUT2D eigenvalue weighted by Crippen LogP contribution is -2.15. The minimum Gasteiger partial charge on any atom is -0.494 e. The molecule has 0 aliphatic heterocycles. The van der Waals surface area contributed by atoms with E-state index in [4.69, 9.17) is 9.15 Å². The molecule has 7 heteroatoms. The smallest absolute Gasteiger partial charge is 0.262 e. The largest absolute Gasteiger partial charge is 0.494 e. The zero-order valence-corrected chi connectivity index (χ0v) is 15.4. The summed E-state index contributed by atoms with van der Waals surface area (Å²) in [6.07, 6.45) is 0. The van der Waals surface area contributed by atoms with E-state index in [-0.39, 0.29) is 4.90 Å². The lowest BCUT2D eigenvalue weighted by atomic mass is 10.1. The molecular formula is C18H20N2O4S. The highest BCUT2D eigenvalue weighted by molar-refractivity contribution is 7.92. The van der Waals surface area contributed by atoms with Crippen LogP contribution in [0.4, 0.5) is 5.69 Å². The highest BCUT2D eigenvalue weighted by atomic mass is 32.2. The van der Waals surface area contributed by atoms with Crippen molar-refractivity contribution in [1.29, 1.82) is 0 Å². The van der Waals surface area contributed by atoms with Gasteiger partial charge >= 0.3 is 0 Å². The molecule has 0 saturated carbocycles. The lowest BCUT2D eigenvalue weighted by molar-refractivity contribution is 0.337. The molecule has 0 radical (unpaired) electrons. The Labute approximate surface area is 146 Å². The van der Waals surface area contributed by atoms with Gasteiger partial charge in [0.25, 0.3) is 10.0 Å². The summed E-state index contributed by atoms with van der Waals surface area (Å²) >= 11 is 0. The van der Waals surface area contributed by atoms with E-state index < -0.39 is 10.0 Å². The standard InChI is InChI=1S/C18H20N2O4S/c1-5-23-16-9-12(3)17(10-11(16)2)25(21,22)20-15-8-6-7-14-18(15)24-13(4)19-14/h6-10,20H,5H2,1-4H3. The van der Waals surface area contributed by atoms with Crippen LogP contribution in [0.25, 0.3) is 11.1 Å². The summed E-state index contributed by atoms with van der Waals surface area (Å²) in [7, 11) is -3.77. The van der Waals surface area contributed by atoms with E-state index in [1.807, 2.05) is 13.8 Å². The first kappa shape index (κ1) is 17.3. The van der Waals surface area contributed by atoms with Gasteiger partial charge in [-0.05, 0) is 56.2 Å². The number of hydrogen-bond donors (Lipinski definition) is 1. The Bertz CT molecular complexity index is 1040. The van der Waals surface area contributed by atoms with Crippen molar-refractivity contribution < 1.29 is 17.6 Å². The van der Waals surface area contributed by atoms with E-state index in [0.717, 1.165) is 5.56 Å². The number of para-hydroxylation sites is 1. The minimum absolute atomic E-state index is 0.210. The lowest BCUT2D eigenvalue weighted by Gasteiger charge is -2.14. The number of aromatic nitrogens is 1. The van der Waals surface area contributed by atoms with Gasteiger partial charge in [0.1, 0.15) is 11.3 Å². The van der Waals surface area contributed by atoms with E-state index in [2.05, 4.69) is 9.71 Å². The van der Waals surface area contributed by atoms with Crippen molar-refractivity contribution in [1.82, 2.24) is 4.98 Å². The van der Waals surface area contributed by atoms with Crippen molar-refractivity contribution in [2.45, 2.75) is 32.6 Å². The predicted octanol–water partition coefficient (Wildman–Crippen LogP) is 3.95. The molecule has 0 unspecified atom stereocenters. The van der Waals surface area contributed by atoms with Crippen LogP contribution in [-0.2, 0) is 10.0 Å². The topological polar surface area (TPSA) is 81.4 Å². The summed E-state index contributed by atoms with van der Waals surface area (Å²) in [6.45, 7) is 7.70. The zero-order valence-electron chi connectivity index (χ0n) is 14.6. The van der Waals surface area contributed by atoms with Gasteiger partial charge in [-0.1, -0.05) is 6.07 Å². The molecule has 1 aromatic heterocycles. The molecule has 0 fully saturated rings. The third kappa shape index (κ3) is 3.32. The van der Waals surface area contributed by atoms with Crippen molar-refractivity contribution in [3.8, 4) is 5.75 Å². The summed E-state index contributed by atoms with van der Waals surface area (Å²) in [6, 6.07) is 8.52. The predicted molar refractivity (Wildman–Crippen MR) is 96.6 cm³/mol. The van der Waals surface area contributed by atoms with Crippen molar-refractivity contribution in [2.24, 2.45) is 0 Å². The molecule has 0 spiro atoms. The second kappa shape index (κ2) is 6.40. The fraction of sp³-hybridized carbons (Fsp3) is 0.278. The van der Waals surface area contributed by atoms with Crippen LogP contribution < -0.4 is 9.46 Å². The highest BCUT2D eigenvalue weighted by Crippen LogP contribution is 2.30. The third-order valence-electron chi connectivity index (χ3n) is 3.83. The summed E-state index contributed by atoms with van der Waals surface area (Å²) in [4.78, 5) is 4.43. The Morgan fingerprint density at radius 1 is 1.16 bits per heavy atom. The Morgan fingerprint density at radius 3 is 2.64 bits per heavy atom. The molecule has 0 aliphatic rings. The molecule has 3 rings (SSSR count). The van der Waals surface area contributed by atoms with Crippen LogP contribution in [0.5, 0.6) is 5.75 Å². The second-order valence-electron chi connectivity index (χ2n) is 5.81. The summed E-state index contributed by atoms with van der Waals surface area (Å²) in [5, 5.41) is 0. The number of aryl methyl sites for hydroxylation is 3. The van der Waals surface area contributed by atoms with E-state index in [0.29, 0.717) is 40.6 Å². The Hall–Kier alpha value is -2.54. The first-order chi connectivity index (χ1) is 11.8. The average molecular weight is 360 g/mol. The van der Waals surface area contributed by atoms with E-state index in [1.54, 1.807) is 44.2 Å². The van der Waals surface area contributed by atoms with Crippen LogP contribution in [0, 0.1) is 20.8 Å². The van der Waals surface area contributed by atoms with Gasteiger partial charge in [-0.3, -0.25) is 4.72 Å². The second-order valence-corrected chi connectivity index (χ2v) is 7.46. The van der Waals surface area contributed by atoms with Gasteiger partial charge < -0.3 is 9.15 Å². The number of hydrogen-bond acceptors (Lipinski definition) is 5. The van der Waals surface area contributed by atoms with Gasteiger partial charge in [0.2, 0.25) is 0 Å². The number of oxazole rings is 1. The number of nitrogens with zero attached hydrogens (tertiary/aromatic N) is 1. The molecule has 3 aromatic rings. The number of sulfonamides is 1. The molecule has 1 heterocycles. The van der Waals surface area contributed by atoms with Gasteiger partial charge in [-0.2, -0.15) is 0 Å². The van der Waals surface area contributed by atoms with Crippen LogP contribution >= 0.6 is 0 Å². The summed E-state index contributed by atoms with van der Waals surface area (Å²) in [5.74, 6) is 1.17. The van der Waals surface area contributed by atoms with Crippen molar-refractivity contribution in [2.75, 3.05) is 11.3 Å². The quantitative estimate of drug-likeness (QED) is 0.745. The van der Waals surface area contributed by atoms with Gasteiger partial charge in [-0.15, -0.1) is 0 Å². The molecule has 0 saturated heterocycles. The molecule has 2 aromatic carbocycles. The van der Waals surface area contributed by atoms with E-state index in [1.165, 1.54) is 0 Å². The van der Waals surface area contributed by atoms with Crippen LogP contribution in [0.3, 0.4) is 0 Å². The Balaban J connectivity index is 2.03. The number of anilines is 1. The molecule has 0 aliphatic carbocycles. The SMILES string of the molecule is CCOc1cc(C)c(S(=O)(=O)Nc2cccc3nc(C)oc23)cc1C. The van der Waals surface area contributed by atoms with Crippen molar-refractivity contribution in [3.63, 3.8) is 0 Å². The molecule has 6 nitrogen and oxygen atoms in total. The monoisotopic (exact) mass is 360 g/mol. The first-order valence-electron chi connectivity index (χ1n) is 7.95. The normalized spacial score (nSPS) is 11.7. The van der Waals surface area contributed by atoms with Gasteiger partial charge in [0.05, 0.1) is 17.2 Å². The average Bonchev–Trinajstić information content (AvgIpc) is 2.92. The Kier molecular flexibility index (Phi) is 4.43. The summed E-state index contributed by atoms with van der Waals surface area (Å²) in [5.41, 5.74) is 2.77. The molecule has 25 heavy (non-hydrogen) atoms. The van der Waals surface area contributed by atoms with Crippen molar-refractivity contribution >= 4 is 26.8 Å². The zero-order chi connectivity index (χ0) is 18.2. The molecule has 0 atom stereocenters. The first-order valence-corrected chi connectivity index (χ1v) is 9.43. The maximum absolute atomic E-state index is 12.9. The van der Waals surface area contributed by atoms with Gasteiger partial charge in [-0.25, -0.2) is 13.4 Å². The number of rotatable bonds is 5. The number of nitrogens with one attached hydrogen (secondary N) is 1. The van der Waals surface area contributed by atoms with Gasteiger partial charge in [0, 0.05) is 6.92 Å². The number of benzene rings is 2. The fourth-order valence-electron chi connectivity index (χ4n) is 2.70. The van der Waals surface area contributed by atoms with Gasteiger partial charge in [0.15, 0.2) is 11.5 Å². The van der Waals surface area contributed by atoms with E-state index in [9.17, 15) is 8.42 Å². The van der Waals surface area contributed by atoms with Crippen LogP contribution in [0.2, 0.25) is 0 Å². The summed E-state index contributed by atoms with van der Waals surface area (Å²) < 4.78 is 39.4. The third-order valence-corrected chi connectivity index (χ3v) is 5.34. The maximum Gasteiger partial charge on any atom is 0.262 e. The molecule has 0 amide bonds. The minimum atomic E-state index is -3.77. The maximum atomic E-state index is 12.9. The molecular weight excluding hydrogens is 340 g/mol. The molecule has 1 N–H and O–H groups in total. The number of ether oxygens (including phenoxy) is 1. The van der Waals surface area contributed by atoms with Crippen LogP contribution in [0.1, 0.15) is 23.9 Å². The molecule has 132 valence electrons.